The van der Waals surface area contributed by atoms with Gasteiger partial charge >= 0.3 is 5.97 Å². The Morgan fingerprint density at radius 3 is 2.56 bits per heavy atom. The highest BCUT2D eigenvalue weighted by atomic mass is 79.9. The molecular weight excluding hydrogens is 397 g/mol. The van der Waals surface area contributed by atoms with Gasteiger partial charge in [-0.05, 0) is 46.3 Å². The van der Waals surface area contributed by atoms with Gasteiger partial charge in [0.1, 0.15) is 17.3 Å². The maximum absolute atomic E-state index is 13.2. The molecule has 132 valence electrons. The van der Waals surface area contributed by atoms with E-state index in [9.17, 15) is 14.0 Å². The number of rotatable bonds is 6. The van der Waals surface area contributed by atoms with Crippen molar-refractivity contribution in [3.63, 3.8) is 0 Å². The number of nitrogens with one attached hydrogen (secondary N) is 1. The SMILES string of the molecule is COc1ccc(OC)c(NC(=O)COC(=O)c2cc(F)ccc2Br)c1. The van der Waals surface area contributed by atoms with Gasteiger partial charge in [0, 0.05) is 10.5 Å². The third kappa shape index (κ3) is 4.93. The van der Waals surface area contributed by atoms with Crippen molar-refractivity contribution in [1.29, 1.82) is 0 Å². The van der Waals surface area contributed by atoms with Gasteiger partial charge in [-0.2, -0.15) is 0 Å². The average Bonchev–Trinajstić information content (AvgIpc) is 2.61. The van der Waals surface area contributed by atoms with E-state index in [4.69, 9.17) is 14.2 Å². The van der Waals surface area contributed by atoms with Gasteiger partial charge in [0.2, 0.25) is 0 Å². The zero-order valence-corrected chi connectivity index (χ0v) is 15.1. The quantitative estimate of drug-likeness (QED) is 0.737. The summed E-state index contributed by atoms with van der Waals surface area (Å²) in [4.78, 5) is 24.0. The van der Waals surface area contributed by atoms with Crippen molar-refractivity contribution in [3.05, 3.63) is 52.3 Å². The summed E-state index contributed by atoms with van der Waals surface area (Å²) in [7, 11) is 2.95. The second kappa shape index (κ2) is 8.48. The monoisotopic (exact) mass is 411 g/mol. The molecule has 0 atom stereocenters. The molecule has 0 aliphatic heterocycles. The van der Waals surface area contributed by atoms with Gasteiger partial charge in [0.25, 0.3) is 5.91 Å². The molecule has 0 aromatic heterocycles. The highest BCUT2D eigenvalue weighted by Gasteiger charge is 2.15. The third-order valence-electron chi connectivity index (χ3n) is 3.16. The lowest BCUT2D eigenvalue weighted by Gasteiger charge is -2.12. The fourth-order valence-electron chi connectivity index (χ4n) is 1.96. The maximum Gasteiger partial charge on any atom is 0.339 e. The van der Waals surface area contributed by atoms with Crippen LogP contribution in [0.4, 0.5) is 10.1 Å². The molecule has 0 saturated carbocycles. The summed E-state index contributed by atoms with van der Waals surface area (Å²) >= 11 is 3.13. The van der Waals surface area contributed by atoms with Crippen molar-refractivity contribution in [2.24, 2.45) is 0 Å². The average molecular weight is 412 g/mol. The summed E-state index contributed by atoms with van der Waals surface area (Å²) in [6.07, 6.45) is 0. The van der Waals surface area contributed by atoms with Crippen LogP contribution in [0.1, 0.15) is 10.4 Å². The van der Waals surface area contributed by atoms with Crippen LogP contribution >= 0.6 is 15.9 Å². The van der Waals surface area contributed by atoms with E-state index in [0.29, 0.717) is 21.7 Å². The molecule has 0 saturated heterocycles. The molecule has 1 N–H and O–H groups in total. The lowest BCUT2D eigenvalue weighted by molar-refractivity contribution is -0.119. The smallest absolute Gasteiger partial charge is 0.339 e. The predicted molar refractivity (Wildman–Crippen MR) is 92.6 cm³/mol. The summed E-state index contributed by atoms with van der Waals surface area (Å²) in [5, 5.41) is 2.56. The Kier molecular flexibility index (Phi) is 6.35. The molecule has 2 rings (SSSR count). The lowest BCUT2D eigenvalue weighted by atomic mass is 10.2. The summed E-state index contributed by atoms with van der Waals surface area (Å²) in [6, 6.07) is 8.48. The van der Waals surface area contributed by atoms with E-state index in [1.165, 1.54) is 26.4 Å². The number of carbonyl (C=O) groups is 2. The fourth-order valence-corrected chi connectivity index (χ4v) is 2.37. The molecule has 8 heteroatoms. The van der Waals surface area contributed by atoms with Gasteiger partial charge in [-0.3, -0.25) is 4.79 Å². The first-order chi connectivity index (χ1) is 11.9. The summed E-state index contributed by atoms with van der Waals surface area (Å²) in [6.45, 7) is -0.540. The lowest BCUT2D eigenvalue weighted by Crippen LogP contribution is -2.21. The van der Waals surface area contributed by atoms with Crippen LogP contribution < -0.4 is 14.8 Å². The Morgan fingerprint density at radius 2 is 1.88 bits per heavy atom. The van der Waals surface area contributed by atoms with Crippen LogP contribution in [0.15, 0.2) is 40.9 Å². The Morgan fingerprint density at radius 1 is 1.12 bits per heavy atom. The Labute approximate surface area is 152 Å². The zero-order chi connectivity index (χ0) is 18.4. The van der Waals surface area contributed by atoms with Gasteiger partial charge in [-0.1, -0.05) is 0 Å². The number of carbonyl (C=O) groups excluding carboxylic acids is 2. The van der Waals surface area contributed by atoms with Gasteiger partial charge in [0.05, 0.1) is 25.5 Å². The first kappa shape index (κ1) is 18.7. The molecule has 6 nitrogen and oxygen atoms in total. The second-order valence-corrected chi connectivity index (χ2v) is 5.67. The molecule has 0 spiro atoms. The summed E-state index contributed by atoms with van der Waals surface area (Å²) < 4.78 is 28.7. The minimum absolute atomic E-state index is 0.00763. The molecule has 25 heavy (non-hydrogen) atoms. The molecule has 0 aliphatic carbocycles. The standard InChI is InChI=1S/C17H15BrFNO5/c1-23-11-4-6-15(24-2)14(8-11)20-16(21)9-25-17(22)12-7-10(19)3-5-13(12)18/h3-8H,9H2,1-2H3,(H,20,21). The Bertz CT molecular complexity index is 797. The highest BCUT2D eigenvalue weighted by molar-refractivity contribution is 9.10. The highest BCUT2D eigenvalue weighted by Crippen LogP contribution is 2.28. The van der Waals surface area contributed by atoms with Gasteiger partial charge in [0.15, 0.2) is 6.61 Å². The van der Waals surface area contributed by atoms with Crippen LogP contribution in [0.5, 0.6) is 11.5 Å². The number of benzene rings is 2. The number of hydrogen-bond acceptors (Lipinski definition) is 5. The molecule has 0 radical (unpaired) electrons. The van der Waals surface area contributed by atoms with Crippen LogP contribution in [0.2, 0.25) is 0 Å². The molecule has 2 aromatic carbocycles. The van der Waals surface area contributed by atoms with Crippen molar-refractivity contribution < 1.29 is 28.2 Å². The molecule has 0 unspecified atom stereocenters. The summed E-state index contributed by atoms with van der Waals surface area (Å²) in [5.74, 6) is -1.03. The van der Waals surface area contributed by atoms with Gasteiger partial charge in [-0.25, -0.2) is 9.18 Å². The largest absolute Gasteiger partial charge is 0.497 e. The van der Waals surface area contributed by atoms with Crippen LogP contribution in [0.3, 0.4) is 0 Å². The van der Waals surface area contributed by atoms with E-state index in [0.717, 1.165) is 6.07 Å². The normalized spacial score (nSPS) is 10.1. The van der Waals surface area contributed by atoms with Crippen LogP contribution in [-0.4, -0.2) is 32.7 Å². The van der Waals surface area contributed by atoms with Crippen molar-refractivity contribution >= 4 is 33.5 Å². The number of esters is 1. The first-order valence-electron chi connectivity index (χ1n) is 7.08. The fraction of sp³-hybridized carbons (Fsp3) is 0.176. The molecule has 0 aliphatic rings. The Hall–Kier alpha value is -2.61. The molecule has 0 fully saturated rings. The maximum atomic E-state index is 13.2. The van der Waals surface area contributed by atoms with E-state index in [1.54, 1.807) is 18.2 Å². The number of halogens is 2. The number of methoxy groups -OCH3 is 2. The minimum atomic E-state index is -0.820. The van der Waals surface area contributed by atoms with Crippen molar-refractivity contribution in [2.75, 3.05) is 26.1 Å². The number of anilines is 1. The van der Waals surface area contributed by atoms with Crippen LogP contribution in [-0.2, 0) is 9.53 Å². The minimum Gasteiger partial charge on any atom is -0.497 e. The van der Waals surface area contributed by atoms with E-state index in [-0.39, 0.29) is 5.56 Å². The second-order valence-electron chi connectivity index (χ2n) is 4.81. The van der Waals surface area contributed by atoms with Crippen LogP contribution in [0.25, 0.3) is 0 Å². The van der Waals surface area contributed by atoms with Gasteiger partial charge in [-0.15, -0.1) is 0 Å². The molecular formula is C17H15BrFNO5. The molecule has 2 aromatic rings. The number of ether oxygens (including phenoxy) is 3. The Balaban J connectivity index is 2.01. The summed E-state index contributed by atoms with van der Waals surface area (Å²) in [5.41, 5.74) is 0.363. The van der Waals surface area contributed by atoms with E-state index < -0.39 is 24.3 Å². The van der Waals surface area contributed by atoms with Crippen molar-refractivity contribution in [3.8, 4) is 11.5 Å². The topological polar surface area (TPSA) is 73.9 Å². The van der Waals surface area contributed by atoms with E-state index >= 15 is 0 Å². The molecule has 1 amide bonds. The third-order valence-corrected chi connectivity index (χ3v) is 3.85. The van der Waals surface area contributed by atoms with E-state index in [1.807, 2.05) is 0 Å². The van der Waals surface area contributed by atoms with Gasteiger partial charge < -0.3 is 19.5 Å². The van der Waals surface area contributed by atoms with Crippen LogP contribution in [0, 0.1) is 5.82 Å². The molecule has 0 bridgehead atoms. The molecule has 0 heterocycles. The number of amides is 1. The van der Waals surface area contributed by atoms with Crippen molar-refractivity contribution in [2.45, 2.75) is 0 Å². The number of hydrogen-bond donors (Lipinski definition) is 1. The van der Waals surface area contributed by atoms with E-state index in [2.05, 4.69) is 21.2 Å². The first-order valence-corrected chi connectivity index (χ1v) is 7.88. The predicted octanol–water partition coefficient (Wildman–Crippen LogP) is 3.40. The zero-order valence-electron chi connectivity index (χ0n) is 13.5. The van der Waals surface area contributed by atoms with Crippen molar-refractivity contribution in [1.82, 2.24) is 0 Å².